The van der Waals surface area contributed by atoms with E-state index in [4.69, 9.17) is 4.74 Å². The van der Waals surface area contributed by atoms with Crippen LogP contribution in [0.25, 0.3) is 0 Å². The van der Waals surface area contributed by atoms with E-state index in [9.17, 15) is 19.2 Å². The molecule has 0 aliphatic carbocycles. The van der Waals surface area contributed by atoms with Crippen molar-refractivity contribution in [2.45, 2.75) is 6.42 Å². The monoisotopic (exact) mass is 243 g/mol. The van der Waals surface area contributed by atoms with Gasteiger partial charge in [-0.05, 0) is 0 Å². The van der Waals surface area contributed by atoms with E-state index >= 15 is 0 Å². The molecule has 8 heteroatoms. The first kappa shape index (κ1) is 13.1. The van der Waals surface area contributed by atoms with Gasteiger partial charge in [-0.3, -0.25) is 24.6 Å². The van der Waals surface area contributed by atoms with Crippen LogP contribution >= 0.6 is 0 Å². The van der Waals surface area contributed by atoms with E-state index in [1.54, 1.807) is 0 Å². The van der Waals surface area contributed by atoms with Crippen molar-refractivity contribution in [3.8, 4) is 0 Å². The molecule has 0 radical (unpaired) electrons. The number of nitrogens with zero attached hydrogens (tertiary/aromatic N) is 1. The average Bonchev–Trinajstić information content (AvgIpc) is 2.51. The molecule has 1 fully saturated rings. The Morgan fingerprint density at radius 3 is 2.65 bits per heavy atom. The SMILES string of the molecule is COCCNC(=O)CCN1C(=O)NC(=O)C1=O. The molecule has 0 aromatic rings. The number of hydrogen-bond acceptors (Lipinski definition) is 5. The number of amides is 5. The van der Waals surface area contributed by atoms with Crippen LogP contribution in [-0.4, -0.2) is 55.5 Å². The Hall–Kier alpha value is -1.96. The van der Waals surface area contributed by atoms with Crippen molar-refractivity contribution >= 4 is 23.8 Å². The highest BCUT2D eigenvalue weighted by molar-refractivity contribution is 6.44. The molecule has 1 aliphatic heterocycles. The zero-order valence-corrected chi connectivity index (χ0v) is 9.32. The summed E-state index contributed by atoms with van der Waals surface area (Å²) >= 11 is 0. The maximum absolute atomic E-state index is 11.2. The maximum Gasteiger partial charge on any atom is 0.331 e. The highest BCUT2D eigenvalue weighted by Crippen LogP contribution is 2.01. The first-order valence-corrected chi connectivity index (χ1v) is 4.98. The number of imide groups is 2. The van der Waals surface area contributed by atoms with Gasteiger partial charge < -0.3 is 10.1 Å². The highest BCUT2D eigenvalue weighted by atomic mass is 16.5. The van der Waals surface area contributed by atoms with Crippen LogP contribution in [0.15, 0.2) is 0 Å². The lowest BCUT2D eigenvalue weighted by Gasteiger charge is -2.10. The Kier molecular flexibility index (Phi) is 4.58. The topological polar surface area (TPSA) is 105 Å². The quantitative estimate of drug-likeness (QED) is 0.326. The van der Waals surface area contributed by atoms with Gasteiger partial charge in [0.05, 0.1) is 6.61 Å². The molecule has 0 saturated carbocycles. The van der Waals surface area contributed by atoms with Gasteiger partial charge in [0, 0.05) is 26.6 Å². The first-order chi connectivity index (χ1) is 8.06. The van der Waals surface area contributed by atoms with Crippen LogP contribution < -0.4 is 10.6 Å². The fourth-order valence-electron chi connectivity index (χ4n) is 1.23. The number of nitrogens with one attached hydrogen (secondary N) is 2. The maximum atomic E-state index is 11.2. The van der Waals surface area contributed by atoms with Crippen molar-refractivity contribution in [2.24, 2.45) is 0 Å². The number of carbonyl (C=O) groups excluding carboxylic acids is 4. The second-order valence-electron chi connectivity index (χ2n) is 3.31. The lowest BCUT2D eigenvalue weighted by atomic mass is 10.3. The van der Waals surface area contributed by atoms with E-state index in [0.717, 1.165) is 0 Å². The van der Waals surface area contributed by atoms with Gasteiger partial charge in [-0.15, -0.1) is 0 Å². The third-order valence-corrected chi connectivity index (χ3v) is 2.10. The second-order valence-corrected chi connectivity index (χ2v) is 3.31. The summed E-state index contributed by atoms with van der Waals surface area (Å²) in [5, 5.41) is 4.37. The van der Waals surface area contributed by atoms with Crippen molar-refractivity contribution in [2.75, 3.05) is 26.8 Å². The molecule has 1 rings (SSSR count). The molecular weight excluding hydrogens is 230 g/mol. The van der Waals surface area contributed by atoms with Crippen LogP contribution in [0.2, 0.25) is 0 Å². The normalized spacial score (nSPS) is 15.1. The van der Waals surface area contributed by atoms with E-state index in [0.29, 0.717) is 18.1 Å². The zero-order chi connectivity index (χ0) is 12.8. The van der Waals surface area contributed by atoms with E-state index in [2.05, 4.69) is 5.32 Å². The summed E-state index contributed by atoms with van der Waals surface area (Å²) in [5.74, 6) is -2.21. The molecule has 0 aromatic carbocycles. The van der Waals surface area contributed by atoms with Gasteiger partial charge in [0.15, 0.2) is 0 Å². The predicted molar refractivity (Wildman–Crippen MR) is 54.8 cm³/mol. The number of carbonyl (C=O) groups is 4. The number of ether oxygens (including phenoxy) is 1. The predicted octanol–water partition coefficient (Wildman–Crippen LogP) is -1.78. The van der Waals surface area contributed by atoms with Crippen LogP contribution in [0.1, 0.15) is 6.42 Å². The summed E-state index contributed by atoms with van der Waals surface area (Å²) in [4.78, 5) is 45.0. The summed E-state index contributed by atoms with van der Waals surface area (Å²) in [7, 11) is 1.50. The lowest BCUT2D eigenvalue weighted by Crippen LogP contribution is -2.36. The summed E-state index contributed by atoms with van der Waals surface area (Å²) < 4.78 is 4.73. The molecule has 1 aliphatic rings. The number of methoxy groups -OCH3 is 1. The fourth-order valence-corrected chi connectivity index (χ4v) is 1.23. The molecule has 0 unspecified atom stereocenters. The highest BCUT2D eigenvalue weighted by Gasteiger charge is 2.36. The number of urea groups is 1. The Morgan fingerprint density at radius 2 is 2.12 bits per heavy atom. The van der Waals surface area contributed by atoms with Gasteiger partial charge in [0.2, 0.25) is 5.91 Å². The van der Waals surface area contributed by atoms with E-state index < -0.39 is 17.8 Å². The van der Waals surface area contributed by atoms with Gasteiger partial charge in [0.25, 0.3) is 0 Å². The molecule has 5 amide bonds. The standard InChI is InChI=1S/C9H13N3O5/c1-17-5-3-10-6(13)2-4-12-8(15)7(14)11-9(12)16/h2-5H2,1H3,(H,10,13)(H,11,14,16). The molecule has 1 heterocycles. The van der Waals surface area contributed by atoms with Gasteiger partial charge in [-0.25, -0.2) is 4.79 Å². The largest absolute Gasteiger partial charge is 0.383 e. The third kappa shape index (κ3) is 3.52. The van der Waals surface area contributed by atoms with E-state index in [-0.39, 0.29) is 18.9 Å². The Balaban J connectivity index is 2.31. The van der Waals surface area contributed by atoms with Crippen LogP contribution in [0.3, 0.4) is 0 Å². The van der Waals surface area contributed by atoms with Gasteiger partial charge >= 0.3 is 17.8 Å². The molecule has 94 valence electrons. The molecule has 0 atom stereocenters. The van der Waals surface area contributed by atoms with Crippen molar-refractivity contribution in [1.29, 1.82) is 0 Å². The number of hydrogen-bond donors (Lipinski definition) is 2. The molecule has 0 bridgehead atoms. The second kappa shape index (κ2) is 5.94. The molecule has 1 saturated heterocycles. The van der Waals surface area contributed by atoms with Crippen molar-refractivity contribution in [3.63, 3.8) is 0 Å². The van der Waals surface area contributed by atoms with Gasteiger partial charge in [-0.1, -0.05) is 0 Å². The van der Waals surface area contributed by atoms with Crippen molar-refractivity contribution in [1.82, 2.24) is 15.5 Å². The summed E-state index contributed by atoms with van der Waals surface area (Å²) in [6, 6.07) is -0.787. The Labute approximate surface area is 97.3 Å². The zero-order valence-electron chi connectivity index (χ0n) is 9.32. The van der Waals surface area contributed by atoms with E-state index in [1.807, 2.05) is 5.32 Å². The molecular formula is C9H13N3O5. The number of rotatable bonds is 6. The van der Waals surface area contributed by atoms with E-state index in [1.165, 1.54) is 7.11 Å². The molecule has 8 nitrogen and oxygen atoms in total. The molecule has 2 N–H and O–H groups in total. The van der Waals surface area contributed by atoms with Crippen LogP contribution in [0, 0.1) is 0 Å². The lowest BCUT2D eigenvalue weighted by molar-refractivity contribution is -0.140. The average molecular weight is 243 g/mol. The summed E-state index contributed by atoms with van der Waals surface area (Å²) in [6.07, 6.45) is -0.0455. The van der Waals surface area contributed by atoms with Gasteiger partial charge in [-0.2, -0.15) is 0 Å². The Morgan fingerprint density at radius 1 is 1.41 bits per heavy atom. The summed E-state index contributed by atoms with van der Waals surface area (Å²) in [5.41, 5.74) is 0. The van der Waals surface area contributed by atoms with Crippen molar-refractivity contribution < 1.29 is 23.9 Å². The fraction of sp³-hybridized carbons (Fsp3) is 0.556. The smallest absolute Gasteiger partial charge is 0.331 e. The third-order valence-electron chi connectivity index (χ3n) is 2.10. The minimum atomic E-state index is -0.963. The first-order valence-electron chi connectivity index (χ1n) is 4.98. The molecule has 17 heavy (non-hydrogen) atoms. The Bertz CT molecular complexity index is 355. The van der Waals surface area contributed by atoms with Crippen molar-refractivity contribution in [3.05, 3.63) is 0 Å². The minimum Gasteiger partial charge on any atom is -0.383 e. The van der Waals surface area contributed by atoms with Crippen LogP contribution in [-0.2, 0) is 19.1 Å². The minimum absolute atomic E-state index is 0.0455. The molecule has 0 spiro atoms. The van der Waals surface area contributed by atoms with Crippen LogP contribution in [0.4, 0.5) is 4.79 Å². The molecule has 0 aromatic heterocycles. The van der Waals surface area contributed by atoms with Gasteiger partial charge in [0.1, 0.15) is 0 Å². The summed E-state index contributed by atoms with van der Waals surface area (Å²) in [6.45, 7) is 0.622. The van der Waals surface area contributed by atoms with Crippen LogP contribution in [0.5, 0.6) is 0 Å².